The van der Waals surface area contributed by atoms with Crippen LogP contribution in [0.4, 0.5) is 0 Å². The minimum atomic E-state index is -1.04. The minimum Gasteiger partial charge on any atom is -0.477 e. The van der Waals surface area contributed by atoms with Crippen molar-refractivity contribution in [1.29, 1.82) is 0 Å². The van der Waals surface area contributed by atoms with Crippen molar-refractivity contribution < 1.29 is 14.7 Å². The van der Waals surface area contributed by atoms with Gasteiger partial charge in [0.05, 0.1) is 5.69 Å². The van der Waals surface area contributed by atoms with Crippen molar-refractivity contribution in [2.24, 2.45) is 0 Å². The number of nitrogens with zero attached hydrogens (tertiary/aromatic N) is 2. The Kier molecular flexibility index (Phi) is 3.46. The monoisotopic (exact) mass is 258 g/mol. The fourth-order valence-corrected chi connectivity index (χ4v) is 2.18. The average molecular weight is 258 g/mol. The second-order valence-electron chi connectivity index (χ2n) is 4.14. The van der Waals surface area contributed by atoms with Crippen molar-refractivity contribution in [2.75, 3.05) is 0 Å². The van der Waals surface area contributed by atoms with Crippen molar-refractivity contribution in [1.82, 2.24) is 9.78 Å². The van der Waals surface area contributed by atoms with Gasteiger partial charge in [-0.05, 0) is 19.4 Å². The van der Waals surface area contributed by atoms with Gasteiger partial charge >= 0.3 is 5.97 Å². The Morgan fingerprint density at radius 2 is 2.11 bits per heavy atom. The van der Waals surface area contributed by atoms with E-state index in [0.717, 1.165) is 6.29 Å². The maximum absolute atomic E-state index is 11.4. The van der Waals surface area contributed by atoms with Crippen LogP contribution in [0.2, 0.25) is 0 Å². The number of hydrogen-bond acceptors (Lipinski definition) is 3. The van der Waals surface area contributed by atoms with Gasteiger partial charge in [-0.2, -0.15) is 5.10 Å². The Morgan fingerprint density at radius 1 is 1.42 bits per heavy atom. The zero-order chi connectivity index (χ0) is 14.0. The van der Waals surface area contributed by atoms with E-state index in [1.165, 1.54) is 4.68 Å². The lowest BCUT2D eigenvalue weighted by atomic mass is 9.98. The first-order valence-corrected chi connectivity index (χ1v) is 5.95. The van der Waals surface area contributed by atoms with Gasteiger partial charge < -0.3 is 5.11 Å². The highest BCUT2D eigenvalue weighted by Crippen LogP contribution is 2.29. The van der Waals surface area contributed by atoms with Crippen LogP contribution in [0.25, 0.3) is 11.1 Å². The third kappa shape index (κ3) is 2.14. The minimum absolute atomic E-state index is 0.120. The first kappa shape index (κ1) is 13.0. The summed E-state index contributed by atoms with van der Waals surface area (Å²) in [4.78, 5) is 22.5. The van der Waals surface area contributed by atoms with Gasteiger partial charge in [0, 0.05) is 17.7 Å². The maximum atomic E-state index is 11.4. The molecule has 0 saturated heterocycles. The molecule has 0 atom stereocenters. The van der Waals surface area contributed by atoms with E-state index < -0.39 is 5.97 Å². The Balaban J connectivity index is 2.78. The van der Waals surface area contributed by atoms with Gasteiger partial charge in [-0.3, -0.25) is 9.48 Å². The van der Waals surface area contributed by atoms with Crippen LogP contribution in [0.15, 0.2) is 24.3 Å². The van der Waals surface area contributed by atoms with Crippen LogP contribution in [0.1, 0.15) is 33.5 Å². The van der Waals surface area contributed by atoms with Crippen LogP contribution in [0.3, 0.4) is 0 Å². The van der Waals surface area contributed by atoms with Gasteiger partial charge in [0.1, 0.15) is 0 Å². The van der Waals surface area contributed by atoms with Gasteiger partial charge in [0.2, 0.25) is 0 Å². The largest absolute Gasteiger partial charge is 0.477 e. The number of aldehydes is 1. The Labute approximate surface area is 110 Å². The van der Waals surface area contributed by atoms with Gasteiger partial charge in [0.25, 0.3) is 0 Å². The molecule has 0 aliphatic carbocycles. The molecule has 5 nitrogen and oxygen atoms in total. The molecule has 0 bridgehead atoms. The molecular formula is C14H14N2O3. The fourth-order valence-electron chi connectivity index (χ4n) is 2.18. The molecule has 0 unspecified atom stereocenters. The molecule has 5 heteroatoms. The molecule has 19 heavy (non-hydrogen) atoms. The topological polar surface area (TPSA) is 72.2 Å². The average Bonchev–Trinajstić information content (AvgIpc) is 2.75. The fraction of sp³-hybridized carbons (Fsp3) is 0.214. The smallest absolute Gasteiger partial charge is 0.354 e. The number of carbonyl (C=O) groups excluding carboxylic acids is 1. The molecule has 2 rings (SSSR count). The van der Waals surface area contributed by atoms with Crippen LogP contribution < -0.4 is 0 Å². The van der Waals surface area contributed by atoms with Gasteiger partial charge in [-0.1, -0.05) is 24.3 Å². The Bertz CT molecular complexity index is 644. The molecular weight excluding hydrogens is 244 g/mol. The Hall–Kier alpha value is -2.43. The van der Waals surface area contributed by atoms with Crippen LogP contribution in [0, 0.1) is 6.92 Å². The Morgan fingerprint density at radius 3 is 2.68 bits per heavy atom. The molecule has 2 aromatic rings. The highest BCUT2D eigenvalue weighted by Gasteiger charge is 2.23. The van der Waals surface area contributed by atoms with E-state index in [0.29, 0.717) is 28.9 Å². The molecule has 0 aliphatic heterocycles. The van der Waals surface area contributed by atoms with E-state index in [4.69, 9.17) is 0 Å². The SMILES string of the molecule is CCn1nc(C)c(-c2ccccc2C=O)c1C(=O)O. The third-order valence-electron chi connectivity index (χ3n) is 2.99. The zero-order valence-corrected chi connectivity index (χ0v) is 10.8. The van der Waals surface area contributed by atoms with E-state index in [-0.39, 0.29) is 5.69 Å². The van der Waals surface area contributed by atoms with Crippen molar-refractivity contribution in [3.8, 4) is 11.1 Å². The summed E-state index contributed by atoms with van der Waals surface area (Å²) in [5.74, 6) is -1.04. The van der Waals surface area contributed by atoms with E-state index in [2.05, 4.69) is 5.10 Å². The maximum Gasteiger partial charge on any atom is 0.354 e. The van der Waals surface area contributed by atoms with Crippen LogP contribution in [-0.2, 0) is 6.54 Å². The number of hydrogen-bond donors (Lipinski definition) is 1. The summed E-state index contributed by atoms with van der Waals surface area (Å²) >= 11 is 0. The number of carbonyl (C=O) groups is 2. The first-order valence-electron chi connectivity index (χ1n) is 5.95. The van der Waals surface area contributed by atoms with Gasteiger partial charge in [-0.15, -0.1) is 0 Å². The van der Waals surface area contributed by atoms with Crippen molar-refractivity contribution in [3.63, 3.8) is 0 Å². The van der Waals surface area contributed by atoms with Gasteiger partial charge in [0.15, 0.2) is 12.0 Å². The highest BCUT2D eigenvalue weighted by atomic mass is 16.4. The van der Waals surface area contributed by atoms with E-state index >= 15 is 0 Å². The zero-order valence-electron chi connectivity index (χ0n) is 10.8. The van der Waals surface area contributed by atoms with Crippen LogP contribution >= 0.6 is 0 Å². The summed E-state index contributed by atoms with van der Waals surface area (Å²) in [5, 5.41) is 13.6. The molecule has 98 valence electrons. The number of carboxylic acid groups (broad SMARTS) is 1. The standard InChI is InChI=1S/C14H14N2O3/c1-3-16-13(14(18)19)12(9(2)15-16)11-7-5-4-6-10(11)8-17/h4-8H,3H2,1-2H3,(H,18,19). The number of aromatic nitrogens is 2. The molecule has 0 saturated carbocycles. The van der Waals surface area contributed by atoms with Crippen molar-refractivity contribution in [2.45, 2.75) is 20.4 Å². The predicted molar refractivity (Wildman–Crippen MR) is 70.4 cm³/mol. The first-order chi connectivity index (χ1) is 9.10. The lowest BCUT2D eigenvalue weighted by Gasteiger charge is -2.06. The summed E-state index contributed by atoms with van der Waals surface area (Å²) in [6, 6.07) is 6.92. The van der Waals surface area contributed by atoms with Crippen molar-refractivity contribution in [3.05, 3.63) is 41.2 Å². The molecule has 1 aromatic heterocycles. The van der Waals surface area contributed by atoms with Crippen molar-refractivity contribution >= 4 is 12.3 Å². The van der Waals surface area contributed by atoms with E-state index in [1.807, 2.05) is 6.92 Å². The third-order valence-corrected chi connectivity index (χ3v) is 2.99. The second kappa shape index (κ2) is 5.06. The number of benzene rings is 1. The van der Waals surface area contributed by atoms with Gasteiger partial charge in [-0.25, -0.2) is 4.79 Å². The van der Waals surface area contributed by atoms with Crippen LogP contribution in [-0.4, -0.2) is 27.1 Å². The normalized spacial score (nSPS) is 10.4. The molecule has 0 radical (unpaired) electrons. The summed E-state index contributed by atoms with van der Waals surface area (Å²) < 4.78 is 1.44. The number of aryl methyl sites for hydroxylation is 2. The summed E-state index contributed by atoms with van der Waals surface area (Å²) in [7, 11) is 0. The molecule has 0 aliphatic rings. The second-order valence-corrected chi connectivity index (χ2v) is 4.14. The molecule has 1 aromatic carbocycles. The number of rotatable bonds is 4. The van der Waals surface area contributed by atoms with E-state index in [9.17, 15) is 14.7 Å². The summed E-state index contributed by atoms with van der Waals surface area (Å²) in [6.45, 7) is 4.04. The summed E-state index contributed by atoms with van der Waals surface area (Å²) in [5.41, 5.74) is 2.30. The highest BCUT2D eigenvalue weighted by molar-refractivity contribution is 5.98. The lowest BCUT2D eigenvalue weighted by Crippen LogP contribution is -2.09. The quantitative estimate of drug-likeness (QED) is 0.855. The molecule has 0 spiro atoms. The van der Waals surface area contributed by atoms with Crippen LogP contribution in [0.5, 0.6) is 0 Å². The molecule has 0 amide bonds. The predicted octanol–water partition coefficient (Wildman–Crippen LogP) is 2.39. The number of aromatic carboxylic acids is 1. The molecule has 1 heterocycles. The van der Waals surface area contributed by atoms with E-state index in [1.54, 1.807) is 31.2 Å². The molecule has 0 fully saturated rings. The molecule has 1 N–H and O–H groups in total. The lowest BCUT2D eigenvalue weighted by molar-refractivity contribution is 0.0684. The summed E-state index contributed by atoms with van der Waals surface area (Å²) in [6.07, 6.45) is 0.726. The number of carboxylic acids is 1.